The largest absolute Gasteiger partial charge is 0.422 e. The lowest BCUT2D eigenvalue weighted by Gasteiger charge is -1.99. The normalized spacial score (nSPS) is 10.9. The highest BCUT2D eigenvalue weighted by atomic mass is 79.9. The second-order valence-corrected chi connectivity index (χ2v) is 8.31. The molecule has 0 radical (unpaired) electrons. The van der Waals surface area contributed by atoms with E-state index in [1.165, 1.54) is 10.4 Å². The van der Waals surface area contributed by atoms with Crippen LogP contribution in [-0.2, 0) is 6.42 Å². The second-order valence-electron chi connectivity index (χ2n) is 6.30. The van der Waals surface area contributed by atoms with Gasteiger partial charge >= 0.3 is 5.63 Å². The molecule has 29 heavy (non-hydrogen) atoms. The van der Waals surface area contributed by atoms with Crippen molar-refractivity contribution in [2.24, 2.45) is 0 Å². The topological polar surface area (TPSA) is 47.5 Å². The van der Waals surface area contributed by atoms with E-state index in [9.17, 15) is 4.79 Å². The van der Waals surface area contributed by atoms with Gasteiger partial charge in [0.05, 0.1) is 11.3 Å². The highest BCUT2D eigenvalue weighted by molar-refractivity contribution is 9.10. The summed E-state index contributed by atoms with van der Waals surface area (Å²) in [5.41, 5.74) is 2.59. The maximum absolute atomic E-state index is 12.4. The van der Waals surface area contributed by atoms with Crippen LogP contribution in [0.25, 0.3) is 27.2 Å². The Morgan fingerprint density at radius 3 is 2.59 bits per heavy atom. The molecule has 0 spiro atoms. The lowest BCUT2D eigenvalue weighted by atomic mass is 10.1. The van der Waals surface area contributed by atoms with Crippen LogP contribution >= 0.6 is 27.3 Å². The van der Waals surface area contributed by atoms with Gasteiger partial charge in [0.25, 0.3) is 0 Å². The van der Waals surface area contributed by atoms with Gasteiger partial charge in [-0.3, -0.25) is 4.40 Å². The monoisotopic (exact) mass is 466 g/mol. The summed E-state index contributed by atoms with van der Waals surface area (Å²) in [4.78, 5) is 19.1. The van der Waals surface area contributed by atoms with Gasteiger partial charge in [-0.05, 0) is 29.8 Å². The van der Waals surface area contributed by atoms with E-state index >= 15 is 0 Å². The van der Waals surface area contributed by atoms with Gasteiger partial charge < -0.3 is 4.42 Å². The van der Waals surface area contributed by atoms with Crippen LogP contribution < -0.4 is 5.63 Å². The van der Waals surface area contributed by atoms with E-state index in [0.29, 0.717) is 16.8 Å². The zero-order chi connectivity index (χ0) is 20.4. The van der Waals surface area contributed by atoms with Crippen molar-refractivity contribution in [3.05, 3.63) is 92.3 Å². The SMILES string of the molecule is CC.O=c1oc2ccccc2cc1-c1cn2cc(Cc3ccc(Br)cc3)sc2n1. The fourth-order valence-corrected chi connectivity index (χ4v) is 4.36. The molecule has 0 saturated carbocycles. The minimum Gasteiger partial charge on any atom is -0.422 e. The number of fused-ring (bicyclic) bond motifs is 2. The zero-order valence-corrected chi connectivity index (χ0v) is 18.5. The molecular weight excluding hydrogens is 448 g/mol. The van der Waals surface area contributed by atoms with Crippen molar-refractivity contribution in [1.29, 1.82) is 0 Å². The van der Waals surface area contributed by atoms with Gasteiger partial charge in [-0.2, -0.15) is 0 Å². The Kier molecular flexibility index (Phi) is 5.65. The molecule has 5 rings (SSSR count). The summed E-state index contributed by atoms with van der Waals surface area (Å²) in [7, 11) is 0. The first-order valence-corrected chi connectivity index (χ1v) is 11.0. The number of hydrogen-bond acceptors (Lipinski definition) is 4. The van der Waals surface area contributed by atoms with Gasteiger partial charge in [0, 0.05) is 33.6 Å². The molecular formula is C23H19BrN2O2S. The maximum atomic E-state index is 12.4. The van der Waals surface area contributed by atoms with Crippen molar-refractivity contribution in [2.45, 2.75) is 20.3 Å². The standard InChI is InChI=1S/C21H13BrN2O2S.C2H6/c22-15-7-5-13(6-8-15)9-16-11-24-12-18(23-21(24)27-16)17-10-14-3-1-2-4-19(14)26-20(17)25;1-2/h1-8,10-12H,9H2;1-2H3. The third-order valence-corrected chi connectivity index (χ3v) is 5.94. The number of hydrogen-bond donors (Lipinski definition) is 0. The molecule has 0 saturated heterocycles. The summed E-state index contributed by atoms with van der Waals surface area (Å²) in [6.07, 6.45) is 4.81. The molecule has 2 aromatic carbocycles. The number of para-hydroxylation sites is 1. The average Bonchev–Trinajstić information content (AvgIpc) is 3.29. The molecule has 6 heteroatoms. The molecule has 4 nitrogen and oxygen atoms in total. The van der Waals surface area contributed by atoms with E-state index < -0.39 is 0 Å². The first-order chi connectivity index (χ1) is 14.2. The summed E-state index contributed by atoms with van der Waals surface area (Å²) >= 11 is 5.09. The fourth-order valence-electron chi connectivity index (χ4n) is 3.10. The number of imidazole rings is 1. The van der Waals surface area contributed by atoms with Gasteiger partial charge in [0.15, 0.2) is 4.96 Å². The number of aromatic nitrogens is 2. The molecule has 0 aliphatic heterocycles. The Hall–Kier alpha value is -2.70. The number of rotatable bonds is 3. The van der Waals surface area contributed by atoms with Crippen molar-refractivity contribution in [2.75, 3.05) is 0 Å². The van der Waals surface area contributed by atoms with Gasteiger partial charge in [0.1, 0.15) is 5.58 Å². The first kappa shape index (κ1) is 19.6. The Morgan fingerprint density at radius 1 is 1.07 bits per heavy atom. The van der Waals surface area contributed by atoms with Gasteiger partial charge in [-0.1, -0.05) is 60.1 Å². The van der Waals surface area contributed by atoms with E-state index in [1.807, 2.05) is 60.8 Å². The number of benzene rings is 2. The minimum absolute atomic E-state index is 0.366. The molecule has 3 aromatic heterocycles. The summed E-state index contributed by atoms with van der Waals surface area (Å²) < 4.78 is 8.48. The van der Waals surface area contributed by atoms with Gasteiger partial charge in [0.2, 0.25) is 0 Å². The van der Waals surface area contributed by atoms with Gasteiger partial charge in [-0.25, -0.2) is 9.78 Å². The summed E-state index contributed by atoms with van der Waals surface area (Å²) in [5, 5.41) is 0.888. The lowest BCUT2D eigenvalue weighted by Crippen LogP contribution is -2.02. The first-order valence-electron chi connectivity index (χ1n) is 9.41. The third kappa shape index (κ3) is 4.04. The van der Waals surface area contributed by atoms with Crippen LogP contribution in [0, 0.1) is 0 Å². The highest BCUT2D eigenvalue weighted by Crippen LogP contribution is 2.26. The molecule has 0 atom stereocenters. The Labute approximate surface area is 180 Å². The predicted molar refractivity (Wildman–Crippen MR) is 123 cm³/mol. The summed E-state index contributed by atoms with van der Waals surface area (Å²) in [6, 6.07) is 17.6. The minimum atomic E-state index is -0.366. The number of halogens is 1. The van der Waals surface area contributed by atoms with E-state index in [-0.39, 0.29) is 5.63 Å². The van der Waals surface area contributed by atoms with Crippen LogP contribution in [0.2, 0.25) is 0 Å². The van der Waals surface area contributed by atoms with Crippen molar-refractivity contribution in [1.82, 2.24) is 9.38 Å². The number of nitrogens with zero attached hydrogens (tertiary/aromatic N) is 2. The van der Waals surface area contributed by atoms with Crippen LogP contribution in [0.1, 0.15) is 24.3 Å². The van der Waals surface area contributed by atoms with E-state index in [2.05, 4.69) is 39.2 Å². The zero-order valence-electron chi connectivity index (χ0n) is 16.1. The maximum Gasteiger partial charge on any atom is 0.345 e. The van der Waals surface area contributed by atoms with Crippen molar-refractivity contribution in [3.8, 4) is 11.3 Å². The molecule has 0 unspecified atom stereocenters. The molecule has 146 valence electrons. The quantitative estimate of drug-likeness (QED) is 0.283. The molecule has 0 amide bonds. The van der Waals surface area contributed by atoms with Crippen molar-refractivity contribution < 1.29 is 4.42 Å². The van der Waals surface area contributed by atoms with Crippen molar-refractivity contribution in [3.63, 3.8) is 0 Å². The van der Waals surface area contributed by atoms with E-state index in [4.69, 9.17) is 4.42 Å². The number of thiazole rings is 1. The van der Waals surface area contributed by atoms with Crippen LogP contribution in [0.3, 0.4) is 0 Å². The molecule has 0 fully saturated rings. The fraction of sp³-hybridized carbons (Fsp3) is 0.130. The Balaban J connectivity index is 0.000000994. The summed E-state index contributed by atoms with van der Waals surface area (Å²) in [6.45, 7) is 4.00. The van der Waals surface area contributed by atoms with Crippen LogP contribution in [-0.4, -0.2) is 9.38 Å². The molecule has 5 aromatic rings. The third-order valence-electron chi connectivity index (χ3n) is 4.41. The second kappa shape index (κ2) is 8.35. The molecule has 0 aliphatic carbocycles. The van der Waals surface area contributed by atoms with Gasteiger partial charge in [-0.15, -0.1) is 11.3 Å². The molecule has 0 aliphatic rings. The van der Waals surface area contributed by atoms with Crippen molar-refractivity contribution >= 4 is 43.2 Å². The van der Waals surface area contributed by atoms with Crippen LogP contribution in [0.15, 0.2) is 80.7 Å². The molecule has 0 bridgehead atoms. The van der Waals surface area contributed by atoms with E-state index in [1.54, 1.807) is 17.4 Å². The highest BCUT2D eigenvalue weighted by Gasteiger charge is 2.13. The van der Waals surface area contributed by atoms with E-state index in [0.717, 1.165) is 21.2 Å². The smallest absolute Gasteiger partial charge is 0.345 e. The Bertz CT molecular complexity index is 1300. The lowest BCUT2D eigenvalue weighted by molar-refractivity contribution is 0.563. The summed E-state index contributed by atoms with van der Waals surface area (Å²) in [5.74, 6) is 0. The molecule has 3 heterocycles. The molecule has 0 N–H and O–H groups in total. The van der Waals surface area contributed by atoms with Crippen LogP contribution in [0.5, 0.6) is 0 Å². The Morgan fingerprint density at radius 2 is 1.83 bits per heavy atom. The van der Waals surface area contributed by atoms with Crippen LogP contribution in [0.4, 0.5) is 0 Å². The predicted octanol–water partition coefficient (Wildman–Crippen LogP) is 6.55. The average molecular weight is 467 g/mol.